The number of nitriles is 1. The number of hydrogen-bond acceptors (Lipinski definition) is 1. The van der Waals surface area contributed by atoms with Crippen molar-refractivity contribution in [3.05, 3.63) is 47.0 Å². The molecule has 4 rings (SSSR count). The lowest BCUT2D eigenvalue weighted by molar-refractivity contribution is 0.124. The highest BCUT2D eigenvalue weighted by Gasteiger charge is 2.36. The number of halogens is 2. The Labute approximate surface area is 147 Å². The van der Waals surface area contributed by atoms with Crippen molar-refractivity contribution in [2.24, 2.45) is 17.8 Å². The SMILES string of the molecule is C[C@@H]1CC[C@@H]2CC(c3cc4cccc(F)c4c(F)c3C#N)CCC2C1. The summed E-state index contributed by atoms with van der Waals surface area (Å²) in [5, 5.41) is 10.0. The minimum atomic E-state index is -0.688. The molecule has 4 atom stereocenters. The summed E-state index contributed by atoms with van der Waals surface area (Å²) in [6, 6.07) is 8.47. The van der Waals surface area contributed by atoms with Gasteiger partial charge in [0.05, 0.1) is 10.9 Å². The molecular weight excluding hydrogens is 316 g/mol. The Morgan fingerprint density at radius 1 is 1.04 bits per heavy atom. The van der Waals surface area contributed by atoms with Crippen molar-refractivity contribution >= 4 is 10.8 Å². The van der Waals surface area contributed by atoms with Gasteiger partial charge in [-0.15, -0.1) is 0 Å². The molecule has 0 N–H and O–H groups in total. The van der Waals surface area contributed by atoms with E-state index >= 15 is 0 Å². The Morgan fingerprint density at radius 3 is 2.60 bits per heavy atom. The molecule has 2 aromatic rings. The molecule has 0 radical (unpaired) electrons. The zero-order valence-electron chi connectivity index (χ0n) is 14.6. The summed E-state index contributed by atoms with van der Waals surface area (Å²) in [5.41, 5.74) is 0.834. The molecule has 2 unspecified atom stereocenters. The Bertz CT molecular complexity index is 851. The third-order valence-electron chi connectivity index (χ3n) is 6.51. The average molecular weight is 339 g/mol. The first-order valence-corrected chi connectivity index (χ1v) is 9.39. The molecule has 0 heterocycles. The Balaban J connectivity index is 1.73. The molecule has 2 aliphatic rings. The van der Waals surface area contributed by atoms with Crippen molar-refractivity contribution in [1.82, 2.24) is 0 Å². The van der Waals surface area contributed by atoms with Gasteiger partial charge in [-0.2, -0.15) is 5.26 Å². The minimum Gasteiger partial charge on any atom is -0.206 e. The van der Waals surface area contributed by atoms with Crippen LogP contribution in [0.4, 0.5) is 8.78 Å². The smallest absolute Gasteiger partial charge is 0.152 e. The summed E-state index contributed by atoms with van der Waals surface area (Å²) in [4.78, 5) is 0. The van der Waals surface area contributed by atoms with Gasteiger partial charge >= 0.3 is 0 Å². The highest BCUT2D eigenvalue weighted by Crippen LogP contribution is 2.48. The van der Waals surface area contributed by atoms with Gasteiger partial charge in [0.15, 0.2) is 5.82 Å². The minimum absolute atomic E-state index is 0.0465. The maximum Gasteiger partial charge on any atom is 0.152 e. The van der Waals surface area contributed by atoms with E-state index in [9.17, 15) is 14.0 Å². The van der Waals surface area contributed by atoms with E-state index in [2.05, 4.69) is 6.92 Å². The van der Waals surface area contributed by atoms with Crippen LogP contribution in [-0.4, -0.2) is 0 Å². The van der Waals surface area contributed by atoms with Crippen LogP contribution in [0.3, 0.4) is 0 Å². The quantitative estimate of drug-likeness (QED) is 0.597. The van der Waals surface area contributed by atoms with E-state index in [4.69, 9.17) is 0 Å². The van der Waals surface area contributed by atoms with Crippen molar-refractivity contribution in [2.75, 3.05) is 0 Å². The van der Waals surface area contributed by atoms with Crippen LogP contribution in [0.1, 0.15) is 62.5 Å². The van der Waals surface area contributed by atoms with Crippen LogP contribution >= 0.6 is 0 Å². The second-order valence-corrected chi connectivity index (χ2v) is 8.05. The zero-order chi connectivity index (χ0) is 17.6. The summed E-state index contributed by atoms with van der Waals surface area (Å²) in [7, 11) is 0. The lowest BCUT2D eigenvalue weighted by atomic mass is 9.64. The van der Waals surface area contributed by atoms with Crippen LogP contribution in [0.15, 0.2) is 24.3 Å². The second kappa shape index (κ2) is 6.41. The first-order valence-electron chi connectivity index (χ1n) is 9.39. The molecule has 0 amide bonds. The Kier molecular flexibility index (Phi) is 4.23. The van der Waals surface area contributed by atoms with Crippen LogP contribution < -0.4 is 0 Å². The number of nitrogens with zero attached hydrogens (tertiary/aromatic N) is 1. The van der Waals surface area contributed by atoms with E-state index < -0.39 is 11.6 Å². The molecule has 0 bridgehead atoms. The van der Waals surface area contributed by atoms with E-state index in [1.807, 2.05) is 12.1 Å². The predicted molar refractivity (Wildman–Crippen MR) is 95.2 cm³/mol. The van der Waals surface area contributed by atoms with E-state index in [0.29, 0.717) is 11.3 Å². The molecule has 130 valence electrons. The molecule has 0 saturated heterocycles. The summed E-state index contributed by atoms with van der Waals surface area (Å²) in [6.07, 6.45) is 7.02. The van der Waals surface area contributed by atoms with E-state index in [1.54, 1.807) is 12.1 Å². The van der Waals surface area contributed by atoms with Gasteiger partial charge in [-0.1, -0.05) is 25.5 Å². The number of rotatable bonds is 1. The van der Waals surface area contributed by atoms with E-state index in [0.717, 1.165) is 36.7 Å². The normalized spacial score (nSPS) is 29.2. The van der Waals surface area contributed by atoms with Crippen LogP contribution in [0.25, 0.3) is 10.8 Å². The van der Waals surface area contributed by atoms with E-state index in [1.165, 1.54) is 25.3 Å². The van der Waals surface area contributed by atoms with Crippen molar-refractivity contribution < 1.29 is 8.78 Å². The largest absolute Gasteiger partial charge is 0.206 e. The third-order valence-corrected chi connectivity index (χ3v) is 6.51. The standard InChI is InChI=1S/C22H23F2N/c1-13-5-6-15-10-16(8-7-14(15)9-13)18-11-17-3-2-4-20(23)21(17)22(24)19(18)12-25/h2-4,11,13-16H,5-10H2,1H3/t13-,14?,15-,16?/m1/s1. The molecule has 2 aliphatic carbocycles. The second-order valence-electron chi connectivity index (χ2n) is 8.05. The summed E-state index contributed by atoms with van der Waals surface area (Å²) in [5.74, 6) is 1.22. The van der Waals surface area contributed by atoms with Crippen LogP contribution in [0, 0.1) is 40.7 Å². The fourth-order valence-electron chi connectivity index (χ4n) is 5.23. The molecule has 1 nitrogen and oxygen atoms in total. The number of hydrogen-bond donors (Lipinski definition) is 0. The zero-order valence-corrected chi connectivity index (χ0v) is 14.6. The van der Waals surface area contributed by atoms with Crippen LogP contribution in [-0.2, 0) is 0 Å². The molecule has 2 saturated carbocycles. The topological polar surface area (TPSA) is 23.8 Å². The molecule has 25 heavy (non-hydrogen) atoms. The molecule has 2 aromatic carbocycles. The van der Waals surface area contributed by atoms with Crippen molar-refractivity contribution in [2.45, 2.75) is 51.4 Å². The molecular formula is C22H23F2N. The van der Waals surface area contributed by atoms with Crippen molar-refractivity contribution in [3.8, 4) is 6.07 Å². The Morgan fingerprint density at radius 2 is 1.80 bits per heavy atom. The van der Waals surface area contributed by atoms with Gasteiger partial charge in [-0.25, -0.2) is 8.78 Å². The number of benzene rings is 2. The monoisotopic (exact) mass is 339 g/mol. The maximum atomic E-state index is 14.9. The van der Waals surface area contributed by atoms with Crippen molar-refractivity contribution in [3.63, 3.8) is 0 Å². The number of fused-ring (bicyclic) bond motifs is 2. The van der Waals surface area contributed by atoms with Gasteiger partial charge in [0.1, 0.15) is 11.9 Å². The fourth-order valence-corrected chi connectivity index (χ4v) is 5.23. The van der Waals surface area contributed by atoms with Crippen LogP contribution in [0.2, 0.25) is 0 Å². The first-order chi connectivity index (χ1) is 12.1. The van der Waals surface area contributed by atoms with Gasteiger partial charge in [0.25, 0.3) is 0 Å². The lowest BCUT2D eigenvalue weighted by Crippen LogP contribution is -2.30. The molecule has 0 spiro atoms. The summed E-state index contributed by atoms with van der Waals surface area (Å²) >= 11 is 0. The summed E-state index contributed by atoms with van der Waals surface area (Å²) in [6.45, 7) is 2.34. The predicted octanol–water partition coefficient (Wildman–Crippen LogP) is 6.31. The first kappa shape index (κ1) is 16.5. The molecule has 3 heteroatoms. The lowest BCUT2D eigenvalue weighted by Gasteiger charge is -2.41. The average Bonchev–Trinajstić information content (AvgIpc) is 2.61. The highest BCUT2D eigenvalue weighted by atomic mass is 19.1. The van der Waals surface area contributed by atoms with Crippen LogP contribution in [0.5, 0.6) is 0 Å². The fraction of sp³-hybridized carbons (Fsp3) is 0.500. The van der Waals surface area contributed by atoms with Gasteiger partial charge in [0.2, 0.25) is 0 Å². The van der Waals surface area contributed by atoms with Gasteiger partial charge < -0.3 is 0 Å². The van der Waals surface area contributed by atoms with Gasteiger partial charge in [-0.05, 0) is 78.9 Å². The highest BCUT2D eigenvalue weighted by molar-refractivity contribution is 5.86. The van der Waals surface area contributed by atoms with Gasteiger partial charge in [0, 0.05) is 0 Å². The molecule has 0 aliphatic heterocycles. The van der Waals surface area contributed by atoms with E-state index in [-0.39, 0.29) is 16.9 Å². The molecule has 2 fully saturated rings. The Hall–Kier alpha value is -1.95. The third kappa shape index (κ3) is 2.82. The van der Waals surface area contributed by atoms with Crippen molar-refractivity contribution in [1.29, 1.82) is 5.26 Å². The molecule has 0 aromatic heterocycles. The summed E-state index contributed by atoms with van der Waals surface area (Å²) < 4.78 is 28.9. The van der Waals surface area contributed by atoms with Gasteiger partial charge in [-0.3, -0.25) is 0 Å². The maximum absolute atomic E-state index is 14.9.